The zero-order valence-electron chi connectivity index (χ0n) is 32.6. The number of fused-ring (bicyclic) bond motifs is 2. The van der Waals surface area contributed by atoms with Crippen LogP contribution >= 0.6 is 0 Å². The third-order valence-corrected chi connectivity index (χ3v) is 10.5. The molecule has 6 aromatic rings. The van der Waals surface area contributed by atoms with Crippen LogP contribution in [0.5, 0.6) is 0 Å². The van der Waals surface area contributed by atoms with Crippen LogP contribution in [0.1, 0.15) is 87.5 Å². The maximum Gasteiger partial charge on any atom is 0.344 e. The Balaban J connectivity index is 1.11. The van der Waals surface area contributed by atoms with Crippen LogP contribution in [0.25, 0.3) is 44.2 Å². The molecule has 0 aliphatic heterocycles. The predicted octanol–water partition coefficient (Wildman–Crippen LogP) is 11.3. The first-order valence-corrected chi connectivity index (χ1v) is 20.1. The molecule has 0 spiro atoms. The molecule has 0 atom stereocenters. The van der Waals surface area contributed by atoms with Crippen LogP contribution < -0.4 is 11.3 Å². The zero-order chi connectivity index (χ0) is 39.3. The van der Waals surface area contributed by atoms with E-state index in [2.05, 4.69) is 44.7 Å². The van der Waals surface area contributed by atoms with Gasteiger partial charge in [0.25, 0.3) is 0 Å². The summed E-state index contributed by atoms with van der Waals surface area (Å²) in [6.45, 7) is 7.66. The summed E-state index contributed by atoms with van der Waals surface area (Å²) in [4.78, 5) is 37.9. The minimum absolute atomic E-state index is 0.195. The molecular weight excluding hydrogens is 701 g/mol. The predicted molar refractivity (Wildman–Crippen MR) is 225 cm³/mol. The first kappa shape index (κ1) is 40.1. The van der Waals surface area contributed by atoms with Crippen molar-refractivity contribution in [3.8, 4) is 22.3 Å². The van der Waals surface area contributed by atoms with Crippen molar-refractivity contribution in [2.75, 3.05) is 6.79 Å². The van der Waals surface area contributed by atoms with Gasteiger partial charge in [-0.3, -0.25) is 0 Å². The number of aryl methyl sites for hydroxylation is 4. The van der Waals surface area contributed by atoms with E-state index in [1.807, 2.05) is 72.8 Å². The van der Waals surface area contributed by atoms with Crippen molar-refractivity contribution < 1.29 is 23.1 Å². The van der Waals surface area contributed by atoms with E-state index in [1.165, 1.54) is 36.8 Å². The smallest absolute Gasteiger partial charge is 0.344 e. The second kappa shape index (κ2) is 19.9. The molecule has 0 saturated heterocycles. The molecule has 0 bridgehead atoms. The second-order valence-electron chi connectivity index (χ2n) is 14.6. The van der Waals surface area contributed by atoms with Gasteiger partial charge in [-0.05, 0) is 109 Å². The summed E-state index contributed by atoms with van der Waals surface area (Å²) >= 11 is 0. The van der Waals surface area contributed by atoms with Gasteiger partial charge in [-0.2, -0.15) is 0 Å². The lowest BCUT2D eigenvalue weighted by Gasteiger charge is -2.18. The molecule has 0 aliphatic rings. The van der Waals surface area contributed by atoms with Gasteiger partial charge < -0.3 is 18.3 Å². The topological polar surface area (TPSA) is 96.0 Å². The third-order valence-electron chi connectivity index (χ3n) is 10.5. The van der Waals surface area contributed by atoms with Gasteiger partial charge in [-0.15, -0.1) is 0 Å². The Morgan fingerprint density at radius 1 is 0.607 bits per heavy atom. The van der Waals surface area contributed by atoms with Gasteiger partial charge in [0.2, 0.25) is 0 Å². The van der Waals surface area contributed by atoms with Gasteiger partial charge in [-0.1, -0.05) is 119 Å². The minimum atomic E-state index is -0.553. The van der Waals surface area contributed by atoms with E-state index < -0.39 is 5.97 Å². The molecule has 0 N–H and O–H groups in total. The average molecular weight is 753 g/mol. The van der Waals surface area contributed by atoms with Gasteiger partial charge in [-0.25, -0.2) is 14.4 Å². The number of esters is 1. The van der Waals surface area contributed by atoms with Crippen LogP contribution in [0, 0.1) is 0 Å². The molecule has 2 aromatic heterocycles. The van der Waals surface area contributed by atoms with Crippen molar-refractivity contribution in [3.05, 3.63) is 153 Å². The third kappa shape index (κ3) is 10.8. The first-order chi connectivity index (χ1) is 27.3. The van der Waals surface area contributed by atoms with E-state index in [9.17, 15) is 14.4 Å². The number of ether oxygens (including phenoxy) is 2. The number of hydrogen-bond donors (Lipinski definition) is 0. The zero-order valence-corrected chi connectivity index (χ0v) is 32.6. The van der Waals surface area contributed by atoms with Crippen LogP contribution in [0.4, 0.5) is 0 Å². The first-order valence-electron chi connectivity index (χ1n) is 20.1. The average Bonchev–Trinajstić information content (AvgIpc) is 3.21. The standard InChI is InChI=1S/C49H52O7/c1-4-7-9-11-34-13-21-38(22-14-34)43-31-40-25-17-36(29-45(40)55-48(43)51)19-27-42(53-33-54-47(50)6-3)28-20-37-18-26-41-32-44(49(52)56-46(41)30-37)39-23-15-35(16-24-39)12-10-8-5-2/h6,13-18,21-26,29-32,42H,3-5,7-12,19-20,27-28,33H2,1-2H3. The number of unbranched alkanes of at least 4 members (excludes halogenated alkanes) is 4. The van der Waals surface area contributed by atoms with Gasteiger partial charge in [0, 0.05) is 16.8 Å². The Bertz CT molecular complexity index is 2190. The number of hydrogen-bond acceptors (Lipinski definition) is 7. The molecule has 7 nitrogen and oxygen atoms in total. The van der Waals surface area contributed by atoms with Crippen LogP contribution in [0.2, 0.25) is 0 Å². The minimum Gasteiger partial charge on any atom is -0.435 e. The molecule has 0 fully saturated rings. The highest BCUT2D eigenvalue weighted by molar-refractivity contribution is 5.83. The fraction of sp³-hybridized carbons (Fsp3) is 0.327. The monoisotopic (exact) mass is 752 g/mol. The van der Waals surface area contributed by atoms with Gasteiger partial charge in [0.15, 0.2) is 6.79 Å². The second-order valence-corrected chi connectivity index (χ2v) is 14.6. The summed E-state index contributed by atoms with van der Waals surface area (Å²) < 4.78 is 22.8. The Morgan fingerprint density at radius 2 is 1.05 bits per heavy atom. The van der Waals surface area contributed by atoms with E-state index in [0.29, 0.717) is 48.0 Å². The lowest BCUT2D eigenvalue weighted by atomic mass is 9.98. The van der Waals surface area contributed by atoms with Gasteiger partial charge >= 0.3 is 17.2 Å². The molecule has 0 aliphatic carbocycles. The van der Waals surface area contributed by atoms with Crippen LogP contribution in [0.15, 0.2) is 128 Å². The number of carbonyl (C=O) groups is 1. The maximum atomic E-state index is 13.1. The number of benzene rings is 4. The molecule has 0 radical (unpaired) electrons. The van der Waals surface area contributed by atoms with E-state index in [4.69, 9.17) is 18.3 Å². The van der Waals surface area contributed by atoms with Gasteiger partial charge in [0.05, 0.1) is 17.2 Å². The van der Waals surface area contributed by atoms with E-state index >= 15 is 0 Å². The maximum absolute atomic E-state index is 13.1. The number of rotatable bonds is 20. The Labute approximate surface area is 329 Å². The summed E-state index contributed by atoms with van der Waals surface area (Å²) in [5.41, 5.74) is 7.65. The fourth-order valence-electron chi connectivity index (χ4n) is 7.10. The SMILES string of the molecule is C=CC(=O)OCOC(CCc1ccc2cc(-c3ccc(CCCCC)cc3)c(=O)oc2c1)CCc1ccc2cc(-c3ccc(CCCCC)cc3)c(=O)oc2c1. The molecular formula is C49H52O7. The molecule has 6 rings (SSSR count). The van der Waals surface area contributed by atoms with E-state index in [-0.39, 0.29) is 24.1 Å². The van der Waals surface area contributed by atoms with E-state index in [1.54, 1.807) is 0 Å². The van der Waals surface area contributed by atoms with Crippen LogP contribution in [0.3, 0.4) is 0 Å². The largest absolute Gasteiger partial charge is 0.435 e. The lowest BCUT2D eigenvalue weighted by molar-refractivity contribution is -0.155. The molecule has 0 unspecified atom stereocenters. The van der Waals surface area contributed by atoms with Gasteiger partial charge in [0.1, 0.15) is 11.2 Å². The van der Waals surface area contributed by atoms with Crippen molar-refractivity contribution in [2.24, 2.45) is 0 Å². The molecule has 7 heteroatoms. The lowest BCUT2D eigenvalue weighted by Crippen LogP contribution is -2.18. The normalized spacial score (nSPS) is 11.4. The van der Waals surface area contributed by atoms with E-state index in [0.717, 1.165) is 64.8 Å². The van der Waals surface area contributed by atoms with Crippen molar-refractivity contribution in [3.63, 3.8) is 0 Å². The highest BCUT2D eigenvalue weighted by Gasteiger charge is 2.15. The molecule has 0 amide bonds. The Kier molecular flexibility index (Phi) is 14.2. The van der Waals surface area contributed by atoms with Crippen LogP contribution in [-0.2, 0) is 40.0 Å². The Hall–Kier alpha value is -5.53. The summed E-state index contributed by atoms with van der Waals surface area (Å²) in [5, 5.41) is 1.70. The molecule has 56 heavy (non-hydrogen) atoms. The number of carbonyl (C=O) groups excluding carboxylic acids is 1. The summed E-state index contributed by atoms with van der Waals surface area (Å²) in [5.74, 6) is -0.553. The quantitative estimate of drug-likeness (QED) is 0.0252. The summed E-state index contributed by atoms with van der Waals surface area (Å²) in [6, 6.07) is 32.0. The van der Waals surface area contributed by atoms with Crippen molar-refractivity contribution in [1.29, 1.82) is 0 Å². The van der Waals surface area contributed by atoms with Crippen LogP contribution in [-0.4, -0.2) is 18.9 Å². The summed E-state index contributed by atoms with van der Waals surface area (Å²) in [7, 11) is 0. The van der Waals surface area contributed by atoms with Crippen molar-refractivity contribution in [2.45, 2.75) is 97.0 Å². The molecule has 4 aromatic carbocycles. The van der Waals surface area contributed by atoms with Crippen molar-refractivity contribution >= 4 is 27.9 Å². The molecule has 290 valence electrons. The van der Waals surface area contributed by atoms with Crippen molar-refractivity contribution in [1.82, 2.24) is 0 Å². The fourth-order valence-corrected chi connectivity index (χ4v) is 7.10. The molecule has 2 heterocycles. The highest BCUT2D eigenvalue weighted by atomic mass is 16.7. The highest BCUT2D eigenvalue weighted by Crippen LogP contribution is 2.26. The summed E-state index contributed by atoms with van der Waals surface area (Å²) in [6.07, 6.45) is 12.6. The Morgan fingerprint density at radius 3 is 1.48 bits per heavy atom. The molecule has 0 saturated carbocycles.